The first-order valence-corrected chi connectivity index (χ1v) is 9.51. The van der Waals surface area contributed by atoms with Gasteiger partial charge >= 0.3 is 5.97 Å². The Hall–Kier alpha value is -3.20. The monoisotopic (exact) mass is 433 g/mol. The molecule has 1 fully saturated rings. The Morgan fingerprint density at radius 3 is 2.60 bits per heavy atom. The Labute approximate surface area is 177 Å². The molecule has 2 aromatic rings. The zero-order valence-electron chi connectivity index (χ0n) is 16.3. The molecule has 158 valence electrons. The highest BCUT2D eigenvalue weighted by Gasteiger charge is 2.48. The Balaban J connectivity index is 1.80. The third kappa shape index (κ3) is 4.51. The van der Waals surface area contributed by atoms with Gasteiger partial charge in [-0.15, -0.1) is 0 Å². The van der Waals surface area contributed by atoms with E-state index in [4.69, 9.17) is 21.2 Å². The number of ketones is 1. The molecule has 1 aromatic heterocycles. The molecule has 1 unspecified atom stereocenters. The van der Waals surface area contributed by atoms with E-state index in [0.717, 1.165) is 5.56 Å². The number of benzene rings is 1. The molecule has 3 rings (SSSR count). The van der Waals surface area contributed by atoms with Crippen LogP contribution >= 0.6 is 11.6 Å². The number of carboxylic acids is 1. The van der Waals surface area contributed by atoms with Crippen molar-refractivity contribution in [3.8, 4) is 11.3 Å². The van der Waals surface area contributed by atoms with E-state index in [1.807, 2.05) is 0 Å². The molecule has 2 heterocycles. The maximum absolute atomic E-state index is 13.0. The third-order valence-corrected chi connectivity index (χ3v) is 5.11. The smallest absolute Gasteiger partial charge is 0.322 e. The van der Waals surface area contributed by atoms with Gasteiger partial charge in [0.25, 0.3) is 0 Å². The van der Waals surface area contributed by atoms with Crippen molar-refractivity contribution < 1.29 is 28.8 Å². The number of carboxylic acid groups (broad SMARTS) is 1. The molecular weight excluding hydrogens is 414 g/mol. The topological polar surface area (TPSA) is 130 Å². The number of likely N-dealkylation sites (tertiary alicyclic amines) is 1. The van der Waals surface area contributed by atoms with Crippen LogP contribution in [-0.4, -0.2) is 50.8 Å². The van der Waals surface area contributed by atoms with Gasteiger partial charge in [0.1, 0.15) is 12.2 Å². The zero-order chi connectivity index (χ0) is 22.1. The lowest BCUT2D eigenvalue weighted by Gasteiger charge is -2.43. The summed E-state index contributed by atoms with van der Waals surface area (Å²) in [5, 5.41) is 15.4. The SMILES string of the molecule is CC1(C)CC(=O)C(C(=O)NCC(=O)O)C(=O)N1Cc1cc(-c2ccc(Cl)cc2)no1. The second-order valence-corrected chi connectivity index (χ2v) is 8.05. The van der Waals surface area contributed by atoms with Crippen LogP contribution in [0.3, 0.4) is 0 Å². The summed E-state index contributed by atoms with van der Waals surface area (Å²) in [7, 11) is 0. The van der Waals surface area contributed by atoms with Crippen LogP contribution in [0.4, 0.5) is 0 Å². The Kier molecular flexibility index (Phi) is 5.93. The molecule has 9 nitrogen and oxygen atoms in total. The predicted octanol–water partition coefficient (Wildman–Crippen LogP) is 1.89. The van der Waals surface area contributed by atoms with Crippen molar-refractivity contribution >= 4 is 35.2 Å². The molecule has 0 saturated carbocycles. The molecular formula is C20H20ClN3O6. The molecule has 10 heteroatoms. The van der Waals surface area contributed by atoms with E-state index in [1.165, 1.54) is 4.90 Å². The minimum absolute atomic E-state index is 0.00239. The lowest BCUT2D eigenvalue weighted by Crippen LogP contribution is -2.60. The average Bonchev–Trinajstić information content (AvgIpc) is 3.12. The molecule has 0 spiro atoms. The van der Waals surface area contributed by atoms with Gasteiger partial charge in [0.2, 0.25) is 11.8 Å². The number of hydrogen-bond acceptors (Lipinski definition) is 6. The summed E-state index contributed by atoms with van der Waals surface area (Å²) >= 11 is 5.89. The highest BCUT2D eigenvalue weighted by molar-refractivity contribution is 6.30. The zero-order valence-corrected chi connectivity index (χ0v) is 17.1. The predicted molar refractivity (Wildman–Crippen MR) is 105 cm³/mol. The Morgan fingerprint density at radius 1 is 1.30 bits per heavy atom. The second-order valence-electron chi connectivity index (χ2n) is 7.61. The largest absolute Gasteiger partial charge is 0.480 e. The first-order chi connectivity index (χ1) is 14.1. The minimum atomic E-state index is -1.59. The minimum Gasteiger partial charge on any atom is -0.480 e. The maximum atomic E-state index is 13.0. The van der Waals surface area contributed by atoms with Crippen molar-refractivity contribution in [2.75, 3.05) is 6.54 Å². The van der Waals surface area contributed by atoms with Crippen LogP contribution in [0.5, 0.6) is 0 Å². The summed E-state index contributed by atoms with van der Waals surface area (Å²) in [5.74, 6) is -4.66. The molecule has 1 saturated heterocycles. The van der Waals surface area contributed by atoms with E-state index in [-0.39, 0.29) is 13.0 Å². The van der Waals surface area contributed by atoms with Gasteiger partial charge in [0, 0.05) is 28.6 Å². The number of hydrogen-bond donors (Lipinski definition) is 2. The second kappa shape index (κ2) is 8.27. The molecule has 2 N–H and O–H groups in total. The average molecular weight is 434 g/mol. The van der Waals surface area contributed by atoms with Gasteiger partial charge in [0.15, 0.2) is 17.5 Å². The summed E-state index contributed by atoms with van der Waals surface area (Å²) in [4.78, 5) is 49.7. The van der Waals surface area contributed by atoms with Crippen molar-refractivity contribution in [1.82, 2.24) is 15.4 Å². The van der Waals surface area contributed by atoms with Crippen LogP contribution < -0.4 is 5.32 Å². The van der Waals surface area contributed by atoms with Gasteiger partial charge in [-0.2, -0.15) is 0 Å². The maximum Gasteiger partial charge on any atom is 0.322 e. The van der Waals surface area contributed by atoms with Gasteiger partial charge in [-0.25, -0.2) is 0 Å². The van der Waals surface area contributed by atoms with Crippen molar-refractivity contribution in [2.24, 2.45) is 5.92 Å². The van der Waals surface area contributed by atoms with Gasteiger partial charge in [-0.3, -0.25) is 19.2 Å². The highest BCUT2D eigenvalue weighted by Crippen LogP contribution is 2.32. The Bertz CT molecular complexity index is 998. The van der Waals surface area contributed by atoms with Crippen LogP contribution in [0.25, 0.3) is 11.3 Å². The van der Waals surface area contributed by atoms with Crippen LogP contribution in [0.15, 0.2) is 34.9 Å². The number of carbonyl (C=O) groups excluding carboxylic acids is 3. The van der Waals surface area contributed by atoms with Crippen LogP contribution in [-0.2, 0) is 25.7 Å². The molecule has 0 bridgehead atoms. The summed E-state index contributed by atoms with van der Waals surface area (Å²) < 4.78 is 5.36. The Morgan fingerprint density at radius 2 is 1.97 bits per heavy atom. The number of aromatic nitrogens is 1. The van der Waals surface area contributed by atoms with E-state index >= 15 is 0 Å². The van der Waals surface area contributed by atoms with Gasteiger partial charge < -0.3 is 19.8 Å². The standard InChI is InChI=1S/C20H20ClN3O6/c1-20(2)8-15(25)17(18(28)22-9-16(26)27)19(29)24(20)10-13-7-14(23-30-13)11-3-5-12(21)6-4-11/h3-7,17H,8-10H2,1-2H3,(H,22,28)(H,26,27). The van der Waals surface area contributed by atoms with E-state index in [2.05, 4.69) is 10.5 Å². The van der Waals surface area contributed by atoms with Gasteiger partial charge in [-0.1, -0.05) is 28.9 Å². The van der Waals surface area contributed by atoms with Crippen molar-refractivity contribution in [1.29, 1.82) is 0 Å². The first kappa shape index (κ1) is 21.5. The summed E-state index contributed by atoms with van der Waals surface area (Å²) in [6, 6.07) is 8.66. The van der Waals surface area contributed by atoms with E-state index in [1.54, 1.807) is 44.2 Å². The van der Waals surface area contributed by atoms with Crippen molar-refractivity contribution in [3.63, 3.8) is 0 Å². The van der Waals surface area contributed by atoms with E-state index in [0.29, 0.717) is 16.5 Å². The number of aliphatic carboxylic acids is 1. The van der Waals surface area contributed by atoms with E-state index in [9.17, 15) is 19.2 Å². The van der Waals surface area contributed by atoms with Crippen LogP contribution in [0.2, 0.25) is 5.02 Å². The number of rotatable bonds is 6. The number of carbonyl (C=O) groups is 4. The molecule has 1 atom stereocenters. The first-order valence-electron chi connectivity index (χ1n) is 9.14. The molecule has 1 aromatic carbocycles. The lowest BCUT2D eigenvalue weighted by atomic mass is 9.82. The van der Waals surface area contributed by atoms with Crippen LogP contribution in [0.1, 0.15) is 26.0 Å². The number of piperidine rings is 1. The van der Waals surface area contributed by atoms with E-state index < -0.39 is 41.6 Å². The number of nitrogens with zero attached hydrogens (tertiary/aromatic N) is 2. The summed E-state index contributed by atoms with van der Waals surface area (Å²) in [6.07, 6.45) is -0.0535. The summed E-state index contributed by atoms with van der Waals surface area (Å²) in [5.41, 5.74) is 0.473. The van der Waals surface area contributed by atoms with Crippen molar-refractivity contribution in [2.45, 2.75) is 32.4 Å². The molecule has 30 heavy (non-hydrogen) atoms. The molecule has 0 aliphatic carbocycles. The molecule has 0 radical (unpaired) electrons. The normalized spacial score (nSPS) is 18.4. The lowest BCUT2D eigenvalue weighted by molar-refractivity contribution is -0.159. The number of halogens is 1. The highest BCUT2D eigenvalue weighted by atomic mass is 35.5. The number of nitrogens with one attached hydrogen (secondary N) is 1. The quantitative estimate of drug-likeness (QED) is 0.665. The van der Waals surface area contributed by atoms with Crippen molar-refractivity contribution in [3.05, 3.63) is 41.1 Å². The fourth-order valence-electron chi connectivity index (χ4n) is 3.33. The molecule has 1 aliphatic heterocycles. The molecule has 1 aliphatic rings. The fraction of sp³-hybridized carbons (Fsp3) is 0.350. The number of amides is 2. The van der Waals surface area contributed by atoms with Crippen LogP contribution in [0, 0.1) is 5.92 Å². The van der Waals surface area contributed by atoms with Gasteiger partial charge in [0.05, 0.1) is 6.54 Å². The van der Waals surface area contributed by atoms with Gasteiger partial charge in [-0.05, 0) is 26.0 Å². The summed E-state index contributed by atoms with van der Waals surface area (Å²) in [6.45, 7) is 2.75. The number of Topliss-reactive ketones (excluding diaryl/α,β-unsaturated/α-hetero) is 1. The molecule has 2 amide bonds. The third-order valence-electron chi connectivity index (χ3n) is 4.86. The fourth-order valence-corrected chi connectivity index (χ4v) is 3.46.